The molecule has 0 spiro atoms. The van der Waals surface area contributed by atoms with Crippen molar-refractivity contribution in [2.75, 3.05) is 0 Å². The van der Waals surface area contributed by atoms with Gasteiger partial charge in [-0.3, -0.25) is 9.36 Å². The lowest BCUT2D eigenvalue weighted by molar-refractivity contribution is 0.0973. The molecule has 1 aromatic heterocycles. The van der Waals surface area contributed by atoms with E-state index in [1.807, 2.05) is 42.5 Å². The number of hydrogen-bond acceptors (Lipinski definition) is 1. The Balaban J connectivity index is 2.15. The molecule has 2 aromatic carbocycles. The summed E-state index contributed by atoms with van der Waals surface area (Å²) in [6.07, 6.45) is 0. The number of halogens is 1. The maximum Gasteiger partial charge on any atom is 0.263 e. The first-order chi connectivity index (χ1) is 8.75. The SMILES string of the molecule is O=C1c2ccccc2-c2cc3cc(Br)ccc3n21. The average molecular weight is 298 g/mol. The van der Waals surface area contributed by atoms with Crippen molar-refractivity contribution in [3.8, 4) is 11.3 Å². The molecule has 0 saturated heterocycles. The maximum absolute atomic E-state index is 12.4. The predicted octanol–water partition coefficient (Wildman–Crippen LogP) is 4.07. The Hall–Kier alpha value is -1.87. The molecule has 1 aliphatic rings. The van der Waals surface area contributed by atoms with Crippen LogP contribution < -0.4 is 0 Å². The van der Waals surface area contributed by atoms with Gasteiger partial charge in [0.05, 0.1) is 11.2 Å². The summed E-state index contributed by atoms with van der Waals surface area (Å²) in [5, 5.41) is 1.09. The van der Waals surface area contributed by atoms with Crippen molar-refractivity contribution in [3.63, 3.8) is 0 Å². The van der Waals surface area contributed by atoms with Gasteiger partial charge in [0.25, 0.3) is 5.91 Å². The summed E-state index contributed by atoms with van der Waals surface area (Å²) >= 11 is 3.46. The monoisotopic (exact) mass is 297 g/mol. The Labute approximate surface area is 112 Å². The maximum atomic E-state index is 12.4. The molecule has 4 rings (SSSR count). The molecule has 0 atom stereocenters. The number of rotatable bonds is 0. The Morgan fingerprint density at radius 3 is 2.56 bits per heavy atom. The molecule has 0 aliphatic carbocycles. The lowest BCUT2D eigenvalue weighted by atomic mass is 10.1. The first-order valence-corrected chi connectivity index (χ1v) is 6.50. The van der Waals surface area contributed by atoms with Crippen LogP contribution in [0.25, 0.3) is 22.2 Å². The van der Waals surface area contributed by atoms with E-state index in [1.165, 1.54) is 0 Å². The topological polar surface area (TPSA) is 22.0 Å². The van der Waals surface area contributed by atoms with E-state index in [2.05, 4.69) is 22.0 Å². The van der Waals surface area contributed by atoms with Gasteiger partial charge in [0.1, 0.15) is 0 Å². The molecule has 0 bridgehead atoms. The van der Waals surface area contributed by atoms with Crippen molar-refractivity contribution in [1.29, 1.82) is 0 Å². The summed E-state index contributed by atoms with van der Waals surface area (Å²) in [5.41, 5.74) is 3.77. The van der Waals surface area contributed by atoms with Gasteiger partial charge < -0.3 is 0 Å². The zero-order valence-corrected chi connectivity index (χ0v) is 10.9. The minimum atomic E-state index is 0.0675. The first-order valence-electron chi connectivity index (χ1n) is 5.71. The van der Waals surface area contributed by atoms with E-state index in [0.29, 0.717) is 0 Å². The van der Waals surface area contributed by atoms with E-state index < -0.39 is 0 Å². The van der Waals surface area contributed by atoms with E-state index in [-0.39, 0.29) is 5.91 Å². The molecule has 0 saturated carbocycles. The second-order valence-electron chi connectivity index (χ2n) is 4.42. The van der Waals surface area contributed by atoms with Crippen molar-refractivity contribution in [3.05, 3.63) is 58.6 Å². The molecule has 0 fully saturated rings. The highest BCUT2D eigenvalue weighted by Gasteiger charge is 2.27. The van der Waals surface area contributed by atoms with E-state index in [9.17, 15) is 4.79 Å². The number of carbonyl (C=O) groups is 1. The second kappa shape index (κ2) is 3.33. The first kappa shape index (κ1) is 10.1. The summed E-state index contributed by atoms with van der Waals surface area (Å²) in [4.78, 5) is 12.4. The zero-order chi connectivity index (χ0) is 12.3. The molecule has 3 aromatic rings. The third kappa shape index (κ3) is 1.14. The second-order valence-corrected chi connectivity index (χ2v) is 5.33. The van der Waals surface area contributed by atoms with Crippen molar-refractivity contribution < 1.29 is 4.79 Å². The highest BCUT2D eigenvalue weighted by Crippen LogP contribution is 2.37. The standard InChI is InChI=1S/C15H8BrNO/c16-10-5-6-13-9(7-10)8-14-11-3-1-2-4-12(11)15(18)17(13)14/h1-8H. The summed E-state index contributed by atoms with van der Waals surface area (Å²) in [5.74, 6) is 0.0675. The average Bonchev–Trinajstić information content (AvgIpc) is 2.87. The van der Waals surface area contributed by atoms with Crippen LogP contribution in [0.5, 0.6) is 0 Å². The number of nitrogens with zero attached hydrogens (tertiary/aromatic N) is 1. The van der Waals surface area contributed by atoms with Crippen molar-refractivity contribution in [2.45, 2.75) is 0 Å². The molecule has 18 heavy (non-hydrogen) atoms. The molecule has 1 aliphatic heterocycles. The molecule has 2 heterocycles. The van der Waals surface area contributed by atoms with Crippen molar-refractivity contribution >= 4 is 32.7 Å². The largest absolute Gasteiger partial charge is 0.276 e. The fourth-order valence-corrected chi connectivity index (χ4v) is 3.00. The van der Waals surface area contributed by atoms with Crippen LogP contribution in [0.1, 0.15) is 10.4 Å². The van der Waals surface area contributed by atoms with Crippen LogP contribution in [-0.2, 0) is 0 Å². The van der Waals surface area contributed by atoms with E-state index in [0.717, 1.165) is 32.2 Å². The van der Waals surface area contributed by atoms with Crippen LogP contribution in [0.3, 0.4) is 0 Å². The van der Waals surface area contributed by atoms with Gasteiger partial charge in [-0.2, -0.15) is 0 Å². The summed E-state index contributed by atoms with van der Waals surface area (Å²) in [6.45, 7) is 0. The van der Waals surface area contributed by atoms with Gasteiger partial charge in [-0.15, -0.1) is 0 Å². The van der Waals surface area contributed by atoms with E-state index in [4.69, 9.17) is 0 Å². The molecule has 86 valence electrons. The summed E-state index contributed by atoms with van der Waals surface area (Å²) < 4.78 is 2.83. The molecule has 0 N–H and O–H groups in total. The van der Waals surface area contributed by atoms with Gasteiger partial charge in [0.2, 0.25) is 0 Å². The van der Waals surface area contributed by atoms with Crippen molar-refractivity contribution in [1.82, 2.24) is 4.57 Å². The number of hydrogen-bond donors (Lipinski definition) is 0. The smallest absolute Gasteiger partial charge is 0.263 e. The highest BCUT2D eigenvalue weighted by molar-refractivity contribution is 9.10. The third-order valence-corrected chi connectivity index (χ3v) is 3.89. The number of aromatic nitrogens is 1. The molecule has 3 heteroatoms. The van der Waals surface area contributed by atoms with Gasteiger partial charge in [-0.25, -0.2) is 0 Å². The Morgan fingerprint density at radius 2 is 1.72 bits per heavy atom. The normalized spacial score (nSPS) is 12.8. The molecule has 0 amide bonds. The minimum absolute atomic E-state index is 0.0675. The van der Waals surface area contributed by atoms with Crippen molar-refractivity contribution in [2.24, 2.45) is 0 Å². The fourth-order valence-electron chi connectivity index (χ4n) is 2.62. The summed E-state index contributed by atoms with van der Waals surface area (Å²) in [6, 6.07) is 15.8. The highest BCUT2D eigenvalue weighted by atomic mass is 79.9. The predicted molar refractivity (Wildman–Crippen MR) is 74.8 cm³/mol. The number of benzene rings is 2. The van der Waals surface area contributed by atoms with Gasteiger partial charge in [0, 0.05) is 21.0 Å². The summed E-state index contributed by atoms with van der Waals surface area (Å²) in [7, 11) is 0. The molecule has 2 nitrogen and oxygen atoms in total. The van der Waals surface area contributed by atoms with Gasteiger partial charge >= 0.3 is 0 Å². The molecular formula is C15H8BrNO. The van der Waals surface area contributed by atoms with Gasteiger partial charge in [0.15, 0.2) is 0 Å². The molecule has 0 unspecified atom stereocenters. The Morgan fingerprint density at radius 1 is 0.944 bits per heavy atom. The fraction of sp³-hybridized carbons (Fsp3) is 0. The van der Waals surface area contributed by atoms with Crippen LogP contribution in [0, 0.1) is 0 Å². The zero-order valence-electron chi connectivity index (χ0n) is 9.35. The third-order valence-electron chi connectivity index (χ3n) is 3.40. The Bertz CT molecular complexity index is 816. The van der Waals surface area contributed by atoms with Gasteiger partial charge in [-0.05, 0) is 30.3 Å². The van der Waals surface area contributed by atoms with Crippen LogP contribution in [0.15, 0.2) is 53.0 Å². The van der Waals surface area contributed by atoms with Crippen LogP contribution in [0.2, 0.25) is 0 Å². The lowest BCUT2D eigenvalue weighted by Gasteiger charge is -1.99. The number of carbonyl (C=O) groups excluding carboxylic acids is 1. The molecular weight excluding hydrogens is 290 g/mol. The number of fused-ring (bicyclic) bond motifs is 5. The van der Waals surface area contributed by atoms with Crippen LogP contribution >= 0.6 is 15.9 Å². The lowest BCUT2D eigenvalue weighted by Crippen LogP contribution is -2.05. The molecule has 0 radical (unpaired) electrons. The minimum Gasteiger partial charge on any atom is -0.276 e. The van der Waals surface area contributed by atoms with Gasteiger partial charge in [-0.1, -0.05) is 34.1 Å². The van der Waals surface area contributed by atoms with Crippen LogP contribution in [-0.4, -0.2) is 10.5 Å². The van der Waals surface area contributed by atoms with Crippen LogP contribution in [0.4, 0.5) is 0 Å². The van der Waals surface area contributed by atoms with E-state index in [1.54, 1.807) is 4.57 Å². The van der Waals surface area contributed by atoms with E-state index >= 15 is 0 Å². The quantitative estimate of drug-likeness (QED) is 0.479. The Kier molecular flexibility index (Phi) is 1.87.